The van der Waals surface area contributed by atoms with Gasteiger partial charge in [0.15, 0.2) is 0 Å². The lowest BCUT2D eigenvalue weighted by molar-refractivity contribution is -0.138. The van der Waals surface area contributed by atoms with Gasteiger partial charge >= 0.3 is 5.97 Å². The Labute approximate surface area is 108 Å². The molecule has 0 spiro atoms. The van der Waals surface area contributed by atoms with Crippen LogP contribution < -0.4 is 5.73 Å². The number of hydrogen-bond donors (Lipinski definition) is 2. The molecule has 2 aromatic rings. The van der Waals surface area contributed by atoms with Gasteiger partial charge in [0.25, 0.3) is 0 Å². The van der Waals surface area contributed by atoms with Crippen molar-refractivity contribution in [3.63, 3.8) is 0 Å². The number of carboxylic acid groups (broad SMARTS) is 1. The molecule has 2 heterocycles. The first-order valence-electron chi connectivity index (χ1n) is 5.43. The van der Waals surface area contributed by atoms with Crippen molar-refractivity contribution >= 4 is 17.3 Å². The zero-order chi connectivity index (χ0) is 13.1. The molecule has 1 unspecified atom stereocenters. The molecule has 0 saturated carbocycles. The number of thiazole rings is 1. The molecule has 3 N–H and O–H groups in total. The maximum Gasteiger partial charge on any atom is 0.320 e. The van der Waals surface area contributed by atoms with E-state index in [2.05, 4.69) is 9.97 Å². The summed E-state index contributed by atoms with van der Waals surface area (Å²) in [5.41, 5.74) is 7.29. The summed E-state index contributed by atoms with van der Waals surface area (Å²) in [5.74, 6) is -0.995. The minimum Gasteiger partial charge on any atom is -0.480 e. The summed E-state index contributed by atoms with van der Waals surface area (Å²) in [7, 11) is 0. The number of carbonyl (C=O) groups is 1. The molecular formula is C12H13N3O2S. The second-order valence-electron chi connectivity index (χ2n) is 3.92. The third-order valence-electron chi connectivity index (χ3n) is 2.52. The summed E-state index contributed by atoms with van der Waals surface area (Å²) in [6.07, 6.45) is 3.74. The van der Waals surface area contributed by atoms with Gasteiger partial charge in [-0.05, 0) is 19.1 Å². The number of hydrogen-bond acceptors (Lipinski definition) is 5. The molecule has 0 saturated heterocycles. The Kier molecular flexibility index (Phi) is 3.69. The van der Waals surface area contributed by atoms with Crippen LogP contribution in [0.2, 0.25) is 0 Å². The summed E-state index contributed by atoms with van der Waals surface area (Å²) >= 11 is 1.46. The Bertz CT molecular complexity index is 554. The van der Waals surface area contributed by atoms with Crippen LogP contribution in [0.15, 0.2) is 24.5 Å². The maximum absolute atomic E-state index is 10.7. The third kappa shape index (κ3) is 2.72. The van der Waals surface area contributed by atoms with Crippen LogP contribution in [0.3, 0.4) is 0 Å². The second kappa shape index (κ2) is 5.24. The van der Waals surface area contributed by atoms with Gasteiger partial charge in [-0.3, -0.25) is 9.78 Å². The lowest BCUT2D eigenvalue weighted by Gasteiger charge is -2.03. The normalized spacial score (nSPS) is 12.3. The lowest BCUT2D eigenvalue weighted by Crippen LogP contribution is -2.32. The number of nitrogens with two attached hydrogens (primary N) is 1. The minimum absolute atomic E-state index is 0.305. The smallest absolute Gasteiger partial charge is 0.320 e. The van der Waals surface area contributed by atoms with Crippen LogP contribution in [0.1, 0.15) is 10.6 Å². The van der Waals surface area contributed by atoms with Crippen molar-refractivity contribution in [1.82, 2.24) is 9.97 Å². The van der Waals surface area contributed by atoms with E-state index in [4.69, 9.17) is 10.8 Å². The quantitative estimate of drug-likeness (QED) is 0.871. The van der Waals surface area contributed by atoms with Gasteiger partial charge in [-0.15, -0.1) is 11.3 Å². The van der Waals surface area contributed by atoms with Crippen LogP contribution in [-0.2, 0) is 11.2 Å². The maximum atomic E-state index is 10.7. The SMILES string of the molecule is Cc1nc(-c2cccnc2)sc1CC(N)C(=O)O. The molecule has 0 radical (unpaired) electrons. The van der Waals surface area contributed by atoms with Gasteiger partial charge in [0.1, 0.15) is 11.0 Å². The van der Waals surface area contributed by atoms with Crippen LogP contribution in [0.25, 0.3) is 10.6 Å². The van der Waals surface area contributed by atoms with Crippen LogP contribution in [0, 0.1) is 6.92 Å². The fourth-order valence-corrected chi connectivity index (χ4v) is 2.63. The average Bonchev–Trinajstić information content (AvgIpc) is 2.72. The summed E-state index contributed by atoms with van der Waals surface area (Å²) in [4.78, 5) is 20.1. The molecule has 0 aliphatic carbocycles. The number of rotatable bonds is 4. The lowest BCUT2D eigenvalue weighted by atomic mass is 10.2. The highest BCUT2D eigenvalue weighted by Gasteiger charge is 2.17. The van der Waals surface area contributed by atoms with Gasteiger partial charge in [-0.25, -0.2) is 4.98 Å². The van der Waals surface area contributed by atoms with Gasteiger partial charge in [0.05, 0.1) is 5.69 Å². The molecule has 94 valence electrons. The highest BCUT2D eigenvalue weighted by Crippen LogP contribution is 2.27. The van der Waals surface area contributed by atoms with Crippen molar-refractivity contribution in [1.29, 1.82) is 0 Å². The Morgan fingerprint density at radius 2 is 2.39 bits per heavy atom. The van der Waals surface area contributed by atoms with Crippen LogP contribution in [0.5, 0.6) is 0 Å². The third-order valence-corrected chi connectivity index (χ3v) is 3.75. The zero-order valence-electron chi connectivity index (χ0n) is 9.83. The van der Waals surface area contributed by atoms with Crippen LogP contribution in [-0.4, -0.2) is 27.1 Å². The molecular weight excluding hydrogens is 250 g/mol. The first-order chi connectivity index (χ1) is 8.58. The van der Waals surface area contributed by atoms with Gasteiger partial charge in [0.2, 0.25) is 0 Å². The number of aromatic nitrogens is 2. The van der Waals surface area contributed by atoms with Crippen molar-refractivity contribution in [3.8, 4) is 10.6 Å². The standard InChI is InChI=1S/C12H13N3O2S/c1-7-10(5-9(13)12(16)17)18-11(15-7)8-3-2-4-14-6-8/h2-4,6,9H,5,13H2,1H3,(H,16,17). The van der Waals surface area contributed by atoms with Gasteiger partial charge in [0, 0.05) is 29.3 Å². The molecule has 0 bridgehead atoms. The largest absolute Gasteiger partial charge is 0.480 e. The van der Waals surface area contributed by atoms with E-state index in [9.17, 15) is 4.79 Å². The molecule has 1 atom stereocenters. The van der Waals surface area contributed by atoms with Crippen LogP contribution in [0.4, 0.5) is 0 Å². The van der Waals surface area contributed by atoms with E-state index in [1.807, 2.05) is 19.1 Å². The zero-order valence-corrected chi connectivity index (χ0v) is 10.6. The molecule has 5 nitrogen and oxygen atoms in total. The summed E-state index contributed by atoms with van der Waals surface area (Å²) in [6.45, 7) is 1.86. The predicted molar refractivity (Wildman–Crippen MR) is 69.4 cm³/mol. The number of nitrogens with zero attached hydrogens (tertiary/aromatic N) is 2. The van der Waals surface area contributed by atoms with Crippen molar-refractivity contribution in [2.75, 3.05) is 0 Å². The van der Waals surface area contributed by atoms with Crippen molar-refractivity contribution < 1.29 is 9.90 Å². The van der Waals surface area contributed by atoms with Crippen molar-refractivity contribution in [3.05, 3.63) is 35.1 Å². The number of aryl methyl sites for hydroxylation is 1. The molecule has 6 heteroatoms. The molecule has 0 aliphatic heterocycles. The second-order valence-corrected chi connectivity index (χ2v) is 5.00. The molecule has 0 aromatic carbocycles. The first kappa shape index (κ1) is 12.7. The van der Waals surface area contributed by atoms with E-state index in [1.165, 1.54) is 11.3 Å². The minimum atomic E-state index is -0.995. The Balaban J connectivity index is 2.25. The average molecular weight is 263 g/mol. The highest BCUT2D eigenvalue weighted by atomic mass is 32.1. The van der Waals surface area contributed by atoms with E-state index in [-0.39, 0.29) is 0 Å². The Morgan fingerprint density at radius 3 is 3.00 bits per heavy atom. The van der Waals surface area contributed by atoms with Crippen molar-refractivity contribution in [2.45, 2.75) is 19.4 Å². The van der Waals surface area contributed by atoms with Crippen LogP contribution >= 0.6 is 11.3 Å². The monoisotopic (exact) mass is 263 g/mol. The highest BCUT2D eigenvalue weighted by molar-refractivity contribution is 7.15. The Morgan fingerprint density at radius 1 is 1.61 bits per heavy atom. The number of aliphatic carboxylic acids is 1. The fourth-order valence-electron chi connectivity index (χ4n) is 1.52. The topological polar surface area (TPSA) is 89.1 Å². The van der Waals surface area contributed by atoms with Gasteiger partial charge < -0.3 is 10.8 Å². The van der Waals surface area contributed by atoms with E-state index in [1.54, 1.807) is 12.4 Å². The number of carboxylic acids is 1. The van der Waals surface area contributed by atoms with Gasteiger partial charge in [-0.2, -0.15) is 0 Å². The molecule has 0 amide bonds. The molecule has 0 fully saturated rings. The summed E-state index contributed by atoms with van der Waals surface area (Å²) in [5, 5.41) is 9.65. The first-order valence-corrected chi connectivity index (χ1v) is 6.24. The van der Waals surface area contributed by atoms with E-state index >= 15 is 0 Å². The molecule has 18 heavy (non-hydrogen) atoms. The van der Waals surface area contributed by atoms with Gasteiger partial charge in [-0.1, -0.05) is 0 Å². The predicted octanol–water partition coefficient (Wildman–Crippen LogP) is 1.47. The molecule has 0 aliphatic rings. The van der Waals surface area contributed by atoms with Crippen molar-refractivity contribution in [2.24, 2.45) is 5.73 Å². The van der Waals surface area contributed by atoms with E-state index in [0.29, 0.717) is 6.42 Å². The molecule has 2 aromatic heterocycles. The Hall–Kier alpha value is -1.79. The van der Waals surface area contributed by atoms with E-state index in [0.717, 1.165) is 21.1 Å². The fraction of sp³-hybridized carbons (Fsp3) is 0.250. The molecule has 2 rings (SSSR count). The summed E-state index contributed by atoms with van der Waals surface area (Å²) in [6, 6.07) is 2.88. The number of pyridine rings is 1. The van der Waals surface area contributed by atoms with E-state index < -0.39 is 12.0 Å². The summed E-state index contributed by atoms with van der Waals surface area (Å²) < 4.78 is 0.